The van der Waals surface area contributed by atoms with Crippen molar-refractivity contribution in [3.8, 4) is 11.1 Å². The molecule has 0 amide bonds. The molecule has 4 rings (SSSR count). The average Bonchev–Trinajstić information content (AvgIpc) is 3.15. The molecule has 1 N–H and O–H groups in total. The highest BCUT2D eigenvalue weighted by Crippen LogP contribution is 2.59. The minimum atomic E-state index is -3.58. The molecular weight excluding hydrogens is 403 g/mol. The summed E-state index contributed by atoms with van der Waals surface area (Å²) in [6.07, 6.45) is 0.829. The summed E-state index contributed by atoms with van der Waals surface area (Å²) in [6, 6.07) is 20.1. The number of nitro benzene ring substituents is 1. The molecule has 7 nitrogen and oxygen atoms in total. The molecule has 1 atom stereocenters. The van der Waals surface area contributed by atoms with Crippen LogP contribution in [0.25, 0.3) is 11.1 Å². The summed E-state index contributed by atoms with van der Waals surface area (Å²) >= 11 is 0. The molecule has 1 aliphatic carbocycles. The van der Waals surface area contributed by atoms with Gasteiger partial charge in [0.1, 0.15) is 0 Å². The number of hydrogen-bond donors (Lipinski definition) is 1. The minimum absolute atomic E-state index is 0.0440. The number of benzene rings is 3. The first-order chi connectivity index (χ1) is 14.4. The predicted octanol–water partition coefficient (Wildman–Crippen LogP) is 5.76. The van der Waals surface area contributed by atoms with Crippen LogP contribution in [0.2, 0.25) is 0 Å². The van der Waals surface area contributed by atoms with Gasteiger partial charge >= 0.3 is 7.60 Å². The summed E-state index contributed by atoms with van der Waals surface area (Å²) in [7, 11) is -0.931. The van der Waals surface area contributed by atoms with Crippen molar-refractivity contribution < 1.29 is 18.5 Å². The van der Waals surface area contributed by atoms with E-state index in [1.54, 1.807) is 12.1 Å². The zero-order valence-corrected chi connectivity index (χ0v) is 17.5. The molecule has 1 aliphatic rings. The fourth-order valence-corrected chi connectivity index (χ4v) is 5.22. The fraction of sp³-hybridized carbons (Fsp3) is 0.182. The zero-order chi connectivity index (χ0) is 21.3. The maximum Gasteiger partial charge on any atom is 0.356 e. The summed E-state index contributed by atoms with van der Waals surface area (Å²) in [5, 5.41) is 14.2. The van der Waals surface area contributed by atoms with Crippen LogP contribution in [-0.2, 0) is 20.0 Å². The molecule has 154 valence electrons. The van der Waals surface area contributed by atoms with Crippen LogP contribution in [0.1, 0.15) is 22.5 Å². The number of nitrogens with one attached hydrogen (secondary N) is 1. The molecule has 0 aliphatic heterocycles. The number of fused-ring (bicyclic) bond motifs is 3. The van der Waals surface area contributed by atoms with E-state index < -0.39 is 18.3 Å². The Kier molecular flexibility index (Phi) is 5.43. The van der Waals surface area contributed by atoms with Gasteiger partial charge in [-0.3, -0.25) is 14.7 Å². The van der Waals surface area contributed by atoms with Crippen LogP contribution in [0.5, 0.6) is 0 Å². The van der Waals surface area contributed by atoms with Gasteiger partial charge in [-0.2, -0.15) is 0 Å². The Labute approximate surface area is 174 Å². The van der Waals surface area contributed by atoms with Gasteiger partial charge in [0, 0.05) is 32.0 Å². The second-order valence-electron chi connectivity index (χ2n) is 7.01. The van der Waals surface area contributed by atoms with E-state index in [0.29, 0.717) is 5.56 Å². The van der Waals surface area contributed by atoms with E-state index in [1.165, 1.54) is 48.6 Å². The van der Waals surface area contributed by atoms with E-state index in [-0.39, 0.29) is 5.69 Å². The van der Waals surface area contributed by atoms with Crippen molar-refractivity contribution >= 4 is 19.0 Å². The molecule has 3 aromatic rings. The summed E-state index contributed by atoms with van der Waals surface area (Å²) in [5.41, 5.74) is 6.15. The topological polar surface area (TPSA) is 90.7 Å². The van der Waals surface area contributed by atoms with Crippen LogP contribution in [0.4, 0.5) is 11.4 Å². The molecule has 0 heterocycles. The van der Waals surface area contributed by atoms with Gasteiger partial charge in [-0.25, -0.2) is 0 Å². The molecule has 0 radical (unpaired) electrons. The SMILES string of the molecule is COP(=O)(OC)C(Nc1ccc2c(c1)Cc1ccccc1-2)c1ccc([N+](=O)[O-])cc1. The second-order valence-corrected chi connectivity index (χ2v) is 9.33. The van der Waals surface area contributed by atoms with Crippen molar-refractivity contribution in [2.45, 2.75) is 12.2 Å². The molecular formula is C22H21N2O5P. The molecule has 8 heteroatoms. The van der Waals surface area contributed by atoms with Crippen molar-refractivity contribution in [1.29, 1.82) is 0 Å². The molecule has 0 saturated carbocycles. The van der Waals surface area contributed by atoms with Gasteiger partial charge in [0.25, 0.3) is 5.69 Å². The standard InChI is InChI=1S/C22H21N2O5P/c1-28-30(27,29-2)22(15-7-10-19(11-8-15)24(25)26)23-18-9-12-21-17(14-18)13-16-5-3-4-6-20(16)21/h3-12,14,22-23H,13H2,1-2H3. The van der Waals surface area contributed by atoms with E-state index >= 15 is 0 Å². The molecule has 0 fully saturated rings. The average molecular weight is 424 g/mol. The molecule has 0 aromatic heterocycles. The second kappa shape index (κ2) is 8.03. The molecule has 30 heavy (non-hydrogen) atoms. The third-order valence-corrected chi connectivity index (χ3v) is 7.42. The maximum absolute atomic E-state index is 13.2. The zero-order valence-electron chi connectivity index (χ0n) is 16.6. The van der Waals surface area contributed by atoms with Crippen molar-refractivity contribution in [3.63, 3.8) is 0 Å². The minimum Gasteiger partial charge on any atom is -0.368 e. The van der Waals surface area contributed by atoms with Crippen LogP contribution < -0.4 is 5.32 Å². The quantitative estimate of drug-likeness (QED) is 0.230. The van der Waals surface area contributed by atoms with Crippen molar-refractivity contribution in [2.24, 2.45) is 0 Å². The molecule has 1 unspecified atom stereocenters. The van der Waals surface area contributed by atoms with Crippen molar-refractivity contribution in [3.05, 3.63) is 93.5 Å². The highest BCUT2D eigenvalue weighted by Gasteiger charge is 2.36. The fourth-order valence-electron chi connectivity index (χ4n) is 3.80. The van der Waals surface area contributed by atoms with Gasteiger partial charge in [-0.15, -0.1) is 0 Å². The first-order valence-corrected chi connectivity index (χ1v) is 11.0. The van der Waals surface area contributed by atoms with Crippen molar-refractivity contribution in [1.82, 2.24) is 0 Å². The number of nitro groups is 1. The van der Waals surface area contributed by atoms with Crippen molar-refractivity contribution in [2.75, 3.05) is 19.5 Å². The Morgan fingerprint density at radius 1 is 0.967 bits per heavy atom. The van der Waals surface area contributed by atoms with Crippen LogP contribution in [0.15, 0.2) is 66.7 Å². The predicted molar refractivity (Wildman–Crippen MR) is 116 cm³/mol. The van der Waals surface area contributed by atoms with E-state index in [1.807, 2.05) is 30.3 Å². The lowest BCUT2D eigenvalue weighted by Crippen LogP contribution is -2.14. The number of nitrogens with zero attached hydrogens (tertiary/aromatic N) is 1. The Hall–Kier alpha value is -2.99. The van der Waals surface area contributed by atoms with Crippen LogP contribution in [0, 0.1) is 10.1 Å². The number of rotatable bonds is 7. The van der Waals surface area contributed by atoms with Gasteiger partial charge in [0.2, 0.25) is 0 Å². The summed E-state index contributed by atoms with van der Waals surface area (Å²) in [6.45, 7) is 0. The Balaban J connectivity index is 1.68. The van der Waals surface area contributed by atoms with Crippen LogP contribution in [-0.4, -0.2) is 19.1 Å². The lowest BCUT2D eigenvalue weighted by molar-refractivity contribution is -0.384. The third kappa shape index (κ3) is 3.63. The smallest absolute Gasteiger partial charge is 0.356 e. The van der Waals surface area contributed by atoms with Gasteiger partial charge < -0.3 is 14.4 Å². The van der Waals surface area contributed by atoms with Gasteiger partial charge in [0.05, 0.1) is 4.92 Å². The van der Waals surface area contributed by atoms with Gasteiger partial charge in [-0.05, 0) is 58.5 Å². The van der Waals surface area contributed by atoms with E-state index in [2.05, 4.69) is 17.4 Å². The first-order valence-electron chi connectivity index (χ1n) is 9.38. The van der Waals surface area contributed by atoms with Crippen LogP contribution in [0.3, 0.4) is 0 Å². The maximum atomic E-state index is 13.2. The molecule has 0 bridgehead atoms. The van der Waals surface area contributed by atoms with E-state index in [0.717, 1.165) is 12.1 Å². The van der Waals surface area contributed by atoms with Gasteiger partial charge in [-0.1, -0.05) is 30.3 Å². The van der Waals surface area contributed by atoms with E-state index in [9.17, 15) is 14.7 Å². The highest BCUT2D eigenvalue weighted by molar-refractivity contribution is 7.54. The lowest BCUT2D eigenvalue weighted by atomic mass is 10.1. The summed E-state index contributed by atoms with van der Waals surface area (Å²) in [4.78, 5) is 10.5. The number of non-ortho nitro benzene ring substituents is 1. The largest absolute Gasteiger partial charge is 0.368 e. The molecule has 0 spiro atoms. The normalized spacial score (nSPS) is 13.4. The lowest BCUT2D eigenvalue weighted by Gasteiger charge is -2.26. The Bertz CT molecular complexity index is 1140. The van der Waals surface area contributed by atoms with Gasteiger partial charge in [0.15, 0.2) is 5.78 Å². The summed E-state index contributed by atoms with van der Waals surface area (Å²) < 4.78 is 23.7. The third-order valence-electron chi connectivity index (χ3n) is 5.34. The number of hydrogen-bond acceptors (Lipinski definition) is 6. The first kappa shape index (κ1) is 20.3. The monoisotopic (exact) mass is 424 g/mol. The molecule has 0 saturated heterocycles. The molecule has 3 aromatic carbocycles. The number of anilines is 1. The van der Waals surface area contributed by atoms with Crippen LogP contribution >= 0.6 is 7.60 Å². The van der Waals surface area contributed by atoms with E-state index in [4.69, 9.17) is 9.05 Å². The highest BCUT2D eigenvalue weighted by atomic mass is 31.2. The Morgan fingerprint density at radius 2 is 1.63 bits per heavy atom. The Morgan fingerprint density at radius 3 is 2.30 bits per heavy atom. The summed E-state index contributed by atoms with van der Waals surface area (Å²) in [5.74, 6) is -0.824.